The fourth-order valence-electron chi connectivity index (χ4n) is 5.14. The molecule has 28 heavy (non-hydrogen) atoms. The molecule has 0 saturated heterocycles. The molecule has 1 nitrogen and oxygen atoms in total. The number of aromatic nitrogens is 1. The summed E-state index contributed by atoms with van der Waals surface area (Å²) in [5.41, 5.74) is 8.07. The lowest BCUT2D eigenvalue weighted by molar-refractivity contribution is 0.667. The summed E-state index contributed by atoms with van der Waals surface area (Å²) >= 11 is 0. The van der Waals surface area contributed by atoms with E-state index in [-0.39, 0.29) is 5.41 Å². The lowest BCUT2D eigenvalue weighted by Gasteiger charge is -2.21. The standard InChI is InChI=1S/C27H21N/c1-27(2)22-17-16-18-10-6-7-13-20(18)24(22)26-25(27)21-14-8-9-15-23(21)28(26)19-11-4-3-5-12-19/h3-17H,1-2H3. The Hall–Kier alpha value is -3.32. The molecule has 4 aromatic carbocycles. The van der Waals surface area contributed by atoms with Gasteiger partial charge in [0.1, 0.15) is 0 Å². The fraction of sp³-hybridized carbons (Fsp3) is 0.111. The summed E-state index contributed by atoms with van der Waals surface area (Å²) in [7, 11) is 0. The van der Waals surface area contributed by atoms with E-state index in [4.69, 9.17) is 0 Å². The summed E-state index contributed by atoms with van der Waals surface area (Å²) in [5, 5.41) is 3.99. The predicted octanol–water partition coefficient (Wildman–Crippen LogP) is 7.09. The van der Waals surface area contributed by atoms with Gasteiger partial charge in [0.2, 0.25) is 0 Å². The first kappa shape index (κ1) is 15.7. The lowest BCUT2D eigenvalue weighted by Crippen LogP contribution is -2.14. The monoisotopic (exact) mass is 359 g/mol. The Morgan fingerprint density at radius 2 is 1.32 bits per heavy atom. The Balaban J connectivity index is 1.88. The van der Waals surface area contributed by atoms with E-state index in [1.54, 1.807) is 0 Å². The highest BCUT2D eigenvalue weighted by molar-refractivity contribution is 6.07. The van der Waals surface area contributed by atoms with Crippen LogP contribution in [0.2, 0.25) is 0 Å². The predicted molar refractivity (Wildman–Crippen MR) is 118 cm³/mol. The average Bonchev–Trinajstić information content (AvgIpc) is 3.20. The summed E-state index contributed by atoms with van der Waals surface area (Å²) in [4.78, 5) is 0. The zero-order chi connectivity index (χ0) is 18.9. The molecule has 0 amide bonds. The van der Waals surface area contributed by atoms with Crippen molar-refractivity contribution >= 4 is 21.7 Å². The molecule has 0 radical (unpaired) electrons. The molecule has 1 aromatic heterocycles. The highest BCUT2D eigenvalue weighted by atomic mass is 15.0. The summed E-state index contributed by atoms with van der Waals surface area (Å²) in [5.74, 6) is 0. The Bertz CT molecular complexity index is 1370. The van der Waals surface area contributed by atoms with Crippen LogP contribution in [-0.2, 0) is 5.41 Å². The normalized spacial score (nSPS) is 14.4. The maximum atomic E-state index is 2.46. The molecule has 0 saturated carbocycles. The maximum absolute atomic E-state index is 2.46. The van der Waals surface area contributed by atoms with Crippen LogP contribution in [0.1, 0.15) is 25.0 Å². The lowest BCUT2D eigenvalue weighted by atomic mass is 9.81. The van der Waals surface area contributed by atoms with E-state index in [1.807, 2.05) is 0 Å². The summed E-state index contributed by atoms with van der Waals surface area (Å²) in [6, 6.07) is 33.0. The van der Waals surface area contributed by atoms with Crippen LogP contribution in [0.15, 0.2) is 91.0 Å². The van der Waals surface area contributed by atoms with Gasteiger partial charge in [-0.15, -0.1) is 0 Å². The highest BCUT2D eigenvalue weighted by Gasteiger charge is 2.41. The van der Waals surface area contributed by atoms with Crippen molar-refractivity contribution in [3.05, 3.63) is 102 Å². The van der Waals surface area contributed by atoms with Crippen molar-refractivity contribution in [2.75, 3.05) is 0 Å². The smallest absolute Gasteiger partial charge is 0.0591 e. The molecule has 0 aliphatic heterocycles. The number of hydrogen-bond donors (Lipinski definition) is 0. The van der Waals surface area contributed by atoms with Crippen LogP contribution in [0.3, 0.4) is 0 Å². The summed E-state index contributed by atoms with van der Waals surface area (Å²) in [6.45, 7) is 4.74. The van der Waals surface area contributed by atoms with Crippen molar-refractivity contribution in [2.24, 2.45) is 0 Å². The Labute approximate surface area is 164 Å². The minimum atomic E-state index is -0.0334. The van der Waals surface area contributed by atoms with E-state index in [0.717, 1.165) is 0 Å². The minimum Gasteiger partial charge on any atom is -0.309 e. The van der Waals surface area contributed by atoms with Gasteiger partial charge in [-0.05, 0) is 40.1 Å². The molecule has 5 aromatic rings. The first-order valence-corrected chi connectivity index (χ1v) is 9.90. The van der Waals surface area contributed by atoms with E-state index in [9.17, 15) is 0 Å². The molecule has 1 heterocycles. The van der Waals surface area contributed by atoms with Crippen LogP contribution in [0.5, 0.6) is 0 Å². The zero-order valence-electron chi connectivity index (χ0n) is 16.1. The molecule has 1 aliphatic rings. The van der Waals surface area contributed by atoms with Gasteiger partial charge in [0, 0.05) is 22.1 Å². The van der Waals surface area contributed by atoms with Gasteiger partial charge in [-0.25, -0.2) is 0 Å². The Kier molecular flexibility index (Phi) is 3.01. The number of hydrogen-bond acceptors (Lipinski definition) is 0. The molecule has 1 heteroatoms. The van der Waals surface area contributed by atoms with E-state index >= 15 is 0 Å². The van der Waals surface area contributed by atoms with Crippen molar-refractivity contribution in [1.29, 1.82) is 0 Å². The molecule has 134 valence electrons. The molecule has 0 unspecified atom stereocenters. The molecule has 0 atom stereocenters. The number of benzene rings is 4. The van der Waals surface area contributed by atoms with Crippen molar-refractivity contribution in [3.8, 4) is 16.9 Å². The van der Waals surface area contributed by atoms with Gasteiger partial charge in [-0.1, -0.05) is 86.6 Å². The number of para-hydroxylation sites is 2. The van der Waals surface area contributed by atoms with Crippen LogP contribution >= 0.6 is 0 Å². The van der Waals surface area contributed by atoms with Crippen molar-refractivity contribution in [2.45, 2.75) is 19.3 Å². The first-order valence-electron chi connectivity index (χ1n) is 9.90. The molecule has 0 spiro atoms. The topological polar surface area (TPSA) is 4.93 Å². The van der Waals surface area contributed by atoms with E-state index in [0.29, 0.717) is 0 Å². The van der Waals surface area contributed by atoms with Gasteiger partial charge in [0.15, 0.2) is 0 Å². The van der Waals surface area contributed by atoms with Crippen LogP contribution in [-0.4, -0.2) is 4.57 Å². The van der Waals surface area contributed by atoms with Crippen molar-refractivity contribution in [3.63, 3.8) is 0 Å². The van der Waals surface area contributed by atoms with Gasteiger partial charge < -0.3 is 4.57 Å². The minimum absolute atomic E-state index is 0.0334. The molecule has 0 bridgehead atoms. The van der Waals surface area contributed by atoms with Gasteiger partial charge in [-0.3, -0.25) is 0 Å². The molecule has 0 N–H and O–H groups in total. The van der Waals surface area contributed by atoms with Crippen LogP contribution in [0, 0.1) is 0 Å². The highest BCUT2D eigenvalue weighted by Crippen LogP contribution is 2.55. The second-order valence-electron chi connectivity index (χ2n) is 8.25. The average molecular weight is 359 g/mol. The summed E-state index contributed by atoms with van der Waals surface area (Å²) in [6.07, 6.45) is 0. The van der Waals surface area contributed by atoms with Crippen molar-refractivity contribution in [1.82, 2.24) is 4.57 Å². The molecule has 1 aliphatic carbocycles. The largest absolute Gasteiger partial charge is 0.309 e. The van der Waals surface area contributed by atoms with Gasteiger partial charge in [-0.2, -0.15) is 0 Å². The van der Waals surface area contributed by atoms with Gasteiger partial charge >= 0.3 is 0 Å². The molecule has 0 fully saturated rings. The number of fused-ring (bicyclic) bond motifs is 7. The second-order valence-corrected chi connectivity index (χ2v) is 8.25. The summed E-state index contributed by atoms with van der Waals surface area (Å²) < 4.78 is 2.46. The van der Waals surface area contributed by atoms with Crippen molar-refractivity contribution < 1.29 is 0 Å². The third kappa shape index (κ3) is 1.86. The van der Waals surface area contributed by atoms with Crippen LogP contribution in [0.4, 0.5) is 0 Å². The van der Waals surface area contributed by atoms with E-state index < -0.39 is 0 Å². The maximum Gasteiger partial charge on any atom is 0.0591 e. The quantitative estimate of drug-likeness (QED) is 0.301. The Morgan fingerprint density at radius 1 is 0.643 bits per heavy atom. The SMILES string of the molecule is CC1(C)c2ccc3ccccc3c2-c2c1c1ccccc1n2-c1ccccc1. The van der Waals surface area contributed by atoms with Gasteiger partial charge in [0.25, 0.3) is 0 Å². The zero-order valence-corrected chi connectivity index (χ0v) is 16.1. The first-order chi connectivity index (χ1) is 13.7. The second kappa shape index (κ2) is 5.36. The van der Waals surface area contributed by atoms with Crippen LogP contribution < -0.4 is 0 Å². The van der Waals surface area contributed by atoms with E-state index in [1.165, 1.54) is 49.7 Å². The van der Waals surface area contributed by atoms with Crippen LogP contribution in [0.25, 0.3) is 38.6 Å². The number of nitrogens with zero attached hydrogens (tertiary/aromatic N) is 1. The number of rotatable bonds is 1. The third-order valence-electron chi connectivity index (χ3n) is 6.35. The molecular formula is C27H21N. The molecule has 6 rings (SSSR count). The Morgan fingerprint density at radius 3 is 2.14 bits per heavy atom. The van der Waals surface area contributed by atoms with E-state index in [2.05, 4.69) is 109 Å². The van der Waals surface area contributed by atoms with Gasteiger partial charge in [0.05, 0.1) is 11.2 Å². The molecular weight excluding hydrogens is 338 g/mol. The fourth-order valence-corrected chi connectivity index (χ4v) is 5.14. The third-order valence-corrected chi connectivity index (χ3v) is 6.35.